The van der Waals surface area contributed by atoms with Crippen LogP contribution < -0.4 is 19.1 Å². The maximum atomic E-state index is 13.8. The number of rotatable bonds is 7. The van der Waals surface area contributed by atoms with Crippen LogP contribution in [0.3, 0.4) is 0 Å². The molecule has 0 saturated heterocycles. The molecule has 1 aliphatic rings. The summed E-state index contributed by atoms with van der Waals surface area (Å²) in [6, 6.07) is 17.5. The molecule has 7 nitrogen and oxygen atoms in total. The Bertz CT molecular complexity index is 1430. The van der Waals surface area contributed by atoms with Crippen LogP contribution in [-0.2, 0) is 20.2 Å². The first-order valence-corrected chi connectivity index (χ1v) is 14.3. The first-order chi connectivity index (χ1) is 17.9. The van der Waals surface area contributed by atoms with Gasteiger partial charge in [-0.3, -0.25) is 9.10 Å². The fraction of sp³-hybridized carbons (Fsp3) is 0.345. The predicted octanol–water partition coefficient (Wildman–Crippen LogP) is 5.41. The minimum absolute atomic E-state index is 0.154. The zero-order chi connectivity index (χ0) is 27.7. The molecule has 1 atom stereocenters. The van der Waals surface area contributed by atoms with Crippen molar-refractivity contribution in [3.8, 4) is 11.5 Å². The molecular weight excluding hydrogens is 524 g/mol. The number of halogens is 1. The van der Waals surface area contributed by atoms with Crippen LogP contribution in [0.25, 0.3) is 0 Å². The molecular formula is C29H33ClN2O5S. The Morgan fingerprint density at radius 1 is 1.08 bits per heavy atom. The van der Waals surface area contributed by atoms with Gasteiger partial charge in [0, 0.05) is 5.02 Å². The maximum absolute atomic E-state index is 13.8. The van der Waals surface area contributed by atoms with E-state index in [1.165, 1.54) is 4.31 Å². The number of carbonyl (C=O) groups is 1. The Balaban J connectivity index is 1.54. The van der Waals surface area contributed by atoms with Gasteiger partial charge in [0.25, 0.3) is 15.9 Å². The smallest absolute Gasteiger partial charge is 0.264 e. The Labute approximate surface area is 229 Å². The third kappa shape index (κ3) is 6.08. The van der Waals surface area contributed by atoms with Crippen molar-refractivity contribution >= 4 is 33.2 Å². The van der Waals surface area contributed by atoms with Crippen molar-refractivity contribution in [2.75, 3.05) is 24.0 Å². The van der Waals surface area contributed by atoms with Gasteiger partial charge in [-0.05, 0) is 66.8 Å². The quantitative estimate of drug-likeness (QED) is 0.394. The van der Waals surface area contributed by atoms with Gasteiger partial charge >= 0.3 is 0 Å². The second-order valence-corrected chi connectivity index (χ2v) is 12.7. The molecule has 1 amide bonds. The molecule has 9 heteroatoms. The molecule has 202 valence electrons. The van der Waals surface area contributed by atoms with E-state index in [2.05, 4.69) is 26.1 Å². The van der Waals surface area contributed by atoms with Gasteiger partial charge in [0.05, 0.1) is 23.7 Å². The van der Waals surface area contributed by atoms with Crippen LogP contribution in [0.15, 0.2) is 65.6 Å². The van der Waals surface area contributed by atoms with Crippen molar-refractivity contribution in [3.63, 3.8) is 0 Å². The van der Waals surface area contributed by atoms with E-state index in [-0.39, 0.29) is 30.0 Å². The van der Waals surface area contributed by atoms with Crippen molar-refractivity contribution in [1.29, 1.82) is 0 Å². The van der Waals surface area contributed by atoms with Crippen molar-refractivity contribution in [2.24, 2.45) is 0 Å². The zero-order valence-corrected chi connectivity index (χ0v) is 23.8. The van der Waals surface area contributed by atoms with Crippen LogP contribution in [0.4, 0.5) is 5.69 Å². The van der Waals surface area contributed by atoms with Gasteiger partial charge in [0.15, 0.2) is 6.10 Å². The molecule has 0 aromatic heterocycles. The number of nitrogens with zero attached hydrogens (tertiary/aromatic N) is 1. The summed E-state index contributed by atoms with van der Waals surface area (Å²) in [5, 5.41) is 3.39. The number of sulfonamides is 1. The standard InChI is InChI=1S/C29H33ClN2O5S/c1-19-6-11-23(12-7-19)38(34,35)32-18-27(37-26-13-9-21(16-25(26)32)29(3,4)5)28(33)31-14-15-36-22-10-8-20(2)24(30)17-22/h6-13,16-17,27H,14-15,18H2,1-5H3,(H,31,33). The molecule has 0 radical (unpaired) electrons. The van der Waals surface area contributed by atoms with Gasteiger partial charge in [-0.1, -0.05) is 62.2 Å². The van der Waals surface area contributed by atoms with Gasteiger partial charge < -0.3 is 14.8 Å². The largest absolute Gasteiger partial charge is 0.492 e. The number of ether oxygens (including phenoxy) is 2. The number of nitrogens with one attached hydrogen (secondary N) is 1. The van der Waals surface area contributed by atoms with E-state index in [0.717, 1.165) is 16.7 Å². The number of aryl methyl sites for hydroxylation is 2. The Morgan fingerprint density at radius 3 is 2.45 bits per heavy atom. The van der Waals surface area contributed by atoms with Crippen molar-refractivity contribution < 1.29 is 22.7 Å². The van der Waals surface area contributed by atoms with E-state index in [1.54, 1.807) is 36.4 Å². The summed E-state index contributed by atoms with van der Waals surface area (Å²) in [5.41, 5.74) is 3.07. The van der Waals surface area contributed by atoms with E-state index in [9.17, 15) is 13.2 Å². The van der Waals surface area contributed by atoms with E-state index < -0.39 is 22.0 Å². The molecule has 38 heavy (non-hydrogen) atoms. The first kappa shape index (κ1) is 27.8. The monoisotopic (exact) mass is 556 g/mol. The minimum Gasteiger partial charge on any atom is -0.492 e. The molecule has 0 aliphatic carbocycles. The van der Waals surface area contributed by atoms with Crippen molar-refractivity contribution in [3.05, 3.63) is 82.4 Å². The van der Waals surface area contributed by atoms with Gasteiger partial charge in [0.2, 0.25) is 0 Å². The average molecular weight is 557 g/mol. The molecule has 0 saturated carbocycles. The molecule has 1 heterocycles. The lowest BCUT2D eigenvalue weighted by molar-refractivity contribution is -0.127. The Hall–Kier alpha value is -3.23. The fourth-order valence-electron chi connectivity index (χ4n) is 4.04. The summed E-state index contributed by atoms with van der Waals surface area (Å²) in [6.07, 6.45) is -1.03. The number of anilines is 1. The highest BCUT2D eigenvalue weighted by atomic mass is 35.5. The highest BCUT2D eigenvalue weighted by Gasteiger charge is 2.38. The average Bonchev–Trinajstić information content (AvgIpc) is 2.87. The number of hydrogen-bond donors (Lipinski definition) is 1. The van der Waals surface area contributed by atoms with E-state index in [0.29, 0.717) is 22.2 Å². The van der Waals surface area contributed by atoms with Crippen LogP contribution in [0.5, 0.6) is 11.5 Å². The second kappa shape index (κ2) is 10.9. The number of hydrogen-bond acceptors (Lipinski definition) is 5. The van der Waals surface area contributed by atoms with Gasteiger partial charge in [-0.15, -0.1) is 0 Å². The Morgan fingerprint density at radius 2 is 1.79 bits per heavy atom. The molecule has 1 unspecified atom stereocenters. The maximum Gasteiger partial charge on any atom is 0.264 e. The molecule has 1 aliphatic heterocycles. The molecule has 4 rings (SSSR count). The fourth-order valence-corrected chi connectivity index (χ4v) is 5.68. The van der Waals surface area contributed by atoms with Gasteiger partial charge in [-0.2, -0.15) is 0 Å². The Kier molecular flexibility index (Phi) is 7.95. The molecule has 3 aromatic rings. The summed E-state index contributed by atoms with van der Waals surface area (Å²) in [5.74, 6) is 0.513. The van der Waals surface area contributed by atoms with E-state index >= 15 is 0 Å². The van der Waals surface area contributed by atoms with E-state index in [4.69, 9.17) is 21.1 Å². The third-order valence-corrected chi connectivity index (χ3v) is 8.61. The van der Waals surface area contributed by atoms with Crippen LogP contribution in [-0.4, -0.2) is 40.1 Å². The zero-order valence-electron chi connectivity index (χ0n) is 22.2. The predicted molar refractivity (Wildman–Crippen MR) is 150 cm³/mol. The number of carbonyl (C=O) groups excluding carboxylic acids is 1. The summed E-state index contributed by atoms with van der Waals surface area (Å²) in [7, 11) is -3.95. The summed E-state index contributed by atoms with van der Waals surface area (Å²) in [4.78, 5) is 13.2. The number of fused-ring (bicyclic) bond motifs is 1. The third-order valence-electron chi connectivity index (χ3n) is 6.41. The highest BCUT2D eigenvalue weighted by Crippen LogP contribution is 2.40. The summed E-state index contributed by atoms with van der Waals surface area (Å²) < 4.78 is 40.5. The topological polar surface area (TPSA) is 84.9 Å². The van der Waals surface area contributed by atoms with E-state index in [1.807, 2.05) is 38.1 Å². The number of benzene rings is 3. The summed E-state index contributed by atoms with van der Waals surface area (Å²) >= 11 is 6.14. The van der Waals surface area contributed by atoms with Crippen LogP contribution in [0.1, 0.15) is 37.5 Å². The van der Waals surface area contributed by atoms with Gasteiger partial charge in [-0.25, -0.2) is 8.42 Å². The highest BCUT2D eigenvalue weighted by molar-refractivity contribution is 7.92. The summed E-state index contributed by atoms with van der Waals surface area (Å²) in [6.45, 7) is 10.2. The minimum atomic E-state index is -3.95. The second-order valence-electron chi connectivity index (χ2n) is 10.4. The van der Waals surface area contributed by atoms with Crippen molar-refractivity contribution in [1.82, 2.24) is 5.32 Å². The van der Waals surface area contributed by atoms with Crippen LogP contribution in [0, 0.1) is 13.8 Å². The number of amides is 1. The van der Waals surface area contributed by atoms with Crippen LogP contribution >= 0.6 is 11.6 Å². The molecule has 0 spiro atoms. The SMILES string of the molecule is Cc1ccc(S(=O)(=O)N2CC(C(=O)NCCOc3ccc(C)c(Cl)c3)Oc3ccc(C(C)(C)C)cc32)cc1. The molecule has 0 bridgehead atoms. The normalized spacial score (nSPS) is 15.4. The molecule has 0 fully saturated rings. The van der Waals surface area contributed by atoms with Gasteiger partial charge in [0.1, 0.15) is 18.1 Å². The first-order valence-electron chi connectivity index (χ1n) is 12.4. The lowest BCUT2D eigenvalue weighted by Crippen LogP contribution is -2.51. The lowest BCUT2D eigenvalue weighted by atomic mass is 9.86. The molecule has 1 N–H and O–H groups in total. The lowest BCUT2D eigenvalue weighted by Gasteiger charge is -2.36. The van der Waals surface area contributed by atoms with Crippen LogP contribution in [0.2, 0.25) is 5.02 Å². The van der Waals surface area contributed by atoms with Crippen molar-refractivity contribution in [2.45, 2.75) is 51.0 Å². The molecule has 3 aromatic carbocycles.